The second kappa shape index (κ2) is 6.10. The number of amides is 1. The highest BCUT2D eigenvalue weighted by atomic mass is 32.2. The Hall–Kier alpha value is -1.85. The van der Waals surface area contributed by atoms with E-state index >= 15 is 0 Å². The van der Waals surface area contributed by atoms with Crippen LogP contribution < -0.4 is 0 Å². The van der Waals surface area contributed by atoms with E-state index < -0.39 is 0 Å². The van der Waals surface area contributed by atoms with Crippen molar-refractivity contribution >= 4 is 51.2 Å². The summed E-state index contributed by atoms with van der Waals surface area (Å²) in [7, 11) is 0. The Morgan fingerprint density at radius 1 is 1.36 bits per heavy atom. The van der Waals surface area contributed by atoms with Gasteiger partial charge in [-0.1, -0.05) is 48.3 Å². The molecule has 1 aromatic carbocycles. The molecule has 3 rings (SSSR count). The predicted octanol–water partition coefficient (Wildman–Crippen LogP) is 4.05. The molecule has 22 heavy (non-hydrogen) atoms. The highest BCUT2D eigenvalue weighted by molar-refractivity contribution is 8.26. The lowest BCUT2D eigenvalue weighted by atomic mass is 10.1. The normalized spacial score (nSPS) is 17.0. The fourth-order valence-electron chi connectivity index (χ4n) is 2.59. The molecule has 112 valence electrons. The molecule has 2 aromatic rings. The molecule has 1 saturated heterocycles. The van der Waals surface area contributed by atoms with Gasteiger partial charge in [0.2, 0.25) is 0 Å². The highest BCUT2D eigenvalue weighted by Crippen LogP contribution is 2.34. The third kappa shape index (κ3) is 2.51. The second-order valence-electron chi connectivity index (χ2n) is 4.97. The molecule has 1 amide bonds. The number of allylic oxidation sites excluding steroid dienone is 1. The van der Waals surface area contributed by atoms with E-state index in [1.807, 2.05) is 31.2 Å². The Morgan fingerprint density at radius 2 is 2.14 bits per heavy atom. The SMILES string of the molecule is C=CCn1cc(/C=C2/SC(=S)N(CC)C2=O)c2ccccc21. The number of benzene rings is 1. The zero-order chi connectivity index (χ0) is 15.7. The van der Waals surface area contributed by atoms with Gasteiger partial charge in [-0.15, -0.1) is 6.58 Å². The monoisotopic (exact) mass is 328 g/mol. The van der Waals surface area contributed by atoms with Crippen molar-refractivity contribution in [3.05, 3.63) is 53.6 Å². The van der Waals surface area contributed by atoms with Gasteiger partial charge in [0.05, 0.1) is 4.91 Å². The summed E-state index contributed by atoms with van der Waals surface area (Å²) in [6.45, 7) is 7.09. The molecule has 1 aliphatic heterocycles. The summed E-state index contributed by atoms with van der Waals surface area (Å²) in [5.41, 5.74) is 2.17. The van der Waals surface area contributed by atoms with E-state index in [2.05, 4.69) is 29.5 Å². The summed E-state index contributed by atoms with van der Waals surface area (Å²) in [4.78, 5) is 14.7. The van der Waals surface area contributed by atoms with E-state index in [0.29, 0.717) is 15.8 Å². The fourth-order valence-corrected chi connectivity index (χ4v) is 3.97. The van der Waals surface area contributed by atoms with Gasteiger partial charge < -0.3 is 4.57 Å². The van der Waals surface area contributed by atoms with Crippen molar-refractivity contribution in [1.82, 2.24) is 9.47 Å². The Kier molecular flexibility index (Phi) is 4.18. The van der Waals surface area contributed by atoms with Crippen LogP contribution in [0.4, 0.5) is 0 Å². The van der Waals surface area contributed by atoms with Crippen molar-refractivity contribution in [2.45, 2.75) is 13.5 Å². The molecule has 3 nitrogen and oxygen atoms in total. The van der Waals surface area contributed by atoms with E-state index in [0.717, 1.165) is 23.0 Å². The number of carbonyl (C=O) groups is 1. The first-order valence-corrected chi connectivity index (χ1v) is 8.32. The molecule has 0 spiro atoms. The summed E-state index contributed by atoms with van der Waals surface area (Å²) in [5.74, 6) is -0.00180. The number of nitrogens with zero attached hydrogens (tertiary/aromatic N) is 2. The van der Waals surface area contributed by atoms with Gasteiger partial charge in [-0.3, -0.25) is 9.69 Å². The van der Waals surface area contributed by atoms with E-state index in [1.54, 1.807) is 4.90 Å². The third-order valence-corrected chi connectivity index (χ3v) is 5.00. The van der Waals surface area contributed by atoms with E-state index in [9.17, 15) is 4.79 Å². The number of aromatic nitrogens is 1. The molecule has 0 bridgehead atoms. The average molecular weight is 328 g/mol. The standard InChI is InChI=1S/C17H16N2OS2/c1-3-9-18-11-12(13-7-5-6-8-14(13)18)10-15-16(20)19(4-2)17(21)22-15/h3,5-8,10-11H,1,4,9H2,2H3/b15-10+. The smallest absolute Gasteiger partial charge is 0.266 e. The highest BCUT2D eigenvalue weighted by Gasteiger charge is 2.30. The van der Waals surface area contributed by atoms with Crippen LogP contribution in [0.25, 0.3) is 17.0 Å². The second-order valence-corrected chi connectivity index (χ2v) is 6.64. The minimum atomic E-state index is -0.00180. The molecular formula is C17H16N2OS2. The lowest BCUT2D eigenvalue weighted by molar-refractivity contribution is -0.121. The minimum Gasteiger partial charge on any atom is -0.343 e. The first kappa shape index (κ1) is 15.1. The van der Waals surface area contributed by atoms with Crippen LogP contribution in [0.1, 0.15) is 12.5 Å². The van der Waals surface area contributed by atoms with E-state index in [1.165, 1.54) is 11.8 Å². The zero-order valence-corrected chi connectivity index (χ0v) is 13.9. The molecule has 0 saturated carbocycles. The van der Waals surface area contributed by atoms with Crippen LogP contribution in [0, 0.1) is 0 Å². The molecule has 0 N–H and O–H groups in total. The van der Waals surface area contributed by atoms with Crippen molar-refractivity contribution in [2.75, 3.05) is 6.54 Å². The van der Waals surface area contributed by atoms with Crippen LogP contribution in [-0.2, 0) is 11.3 Å². The van der Waals surface area contributed by atoms with Crippen molar-refractivity contribution in [2.24, 2.45) is 0 Å². The van der Waals surface area contributed by atoms with Gasteiger partial charge >= 0.3 is 0 Å². The van der Waals surface area contributed by atoms with Crippen LogP contribution in [0.2, 0.25) is 0 Å². The first-order chi connectivity index (χ1) is 10.7. The number of thiocarbonyl (C=S) groups is 1. The quantitative estimate of drug-likeness (QED) is 0.481. The number of fused-ring (bicyclic) bond motifs is 1. The summed E-state index contributed by atoms with van der Waals surface area (Å²) >= 11 is 6.63. The van der Waals surface area contributed by atoms with Crippen molar-refractivity contribution in [1.29, 1.82) is 0 Å². The number of para-hydroxylation sites is 1. The number of thioether (sulfide) groups is 1. The molecule has 0 aliphatic carbocycles. The van der Waals surface area contributed by atoms with E-state index in [-0.39, 0.29) is 5.91 Å². The largest absolute Gasteiger partial charge is 0.343 e. The van der Waals surface area contributed by atoms with Crippen LogP contribution >= 0.6 is 24.0 Å². The van der Waals surface area contributed by atoms with Crippen LogP contribution in [0.3, 0.4) is 0 Å². The number of hydrogen-bond acceptors (Lipinski definition) is 3. The summed E-state index contributed by atoms with van der Waals surface area (Å²) in [6, 6.07) is 8.17. The maximum Gasteiger partial charge on any atom is 0.266 e. The van der Waals surface area contributed by atoms with Gasteiger partial charge in [-0.05, 0) is 19.1 Å². The predicted molar refractivity (Wildman–Crippen MR) is 97.7 cm³/mol. The summed E-state index contributed by atoms with van der Waals surface area (Å²) < 4.78 is 2.77. The van der Waals surface area contributed by atoms with Gasteiger partial charge in [0.25, 0.3) is 5.91 Å². The maximum absolute atomic E-state index is 12.3. The van der Waals surface area contributed by atoms with Crippen LogP contribution in [0.5, 0.6) is 0 Å². The molecule has 0 atom stereocenters. The van der Waals surface area contributed by atoms with Gasteiger partial charge in [-0.2, -0.15) is 0 Å². The molecule has 2 heterocycles. The van der Waals surface area contributed by atoms with Crippen LogP contribution in [-0.4, -0.2) is 26.2 Å². The number of carbonyl (C=O) groups excluding carboxylic acids is 1. The lowest BCUT2D eigenvalue weighted by Crippen LogP contribution is -2.27. The van der Waals surface area contributed by atoms with Crippen molar-refractivity contribution in [3.63, 3.8) is 0 Å². The van der Waals surface area contributed by atoms with Gasteiger partial charge in [0.15, 0.2) is 0 Å². The fraction of sp³-hybridized carbons (Fsp3) is 0.176. The minimum absolute atomic E-state index is 0.00180. The average Bonchev–Trinajstić information content (AvgIpc) is 2.99. The maximum atomic E-state index is 12.3. The van der Waals surface area contributed by atoms with Crippen molar-refractivity contribution in [3.8, 4) is 0 Å². The summed E-state index contributed by atoms with van der Waals surface area (Å²) in [5, 5.41) is 1.13. The zero-order valence-electron chi connectivity index (χ0n) is 12.3. The third-order valence-electron chi connectivity index (χ3n) is 3.62. The molecule has 1 fully saturated rings. The number of hydrogen-bond donors (Lipinski definition) is 0. The lowest BCUT2D eigenvalue weighted by Gasteiger charge is -2.09. The molecular weight excluding hydrogens is 312 g/mol. The topological polar surface area (TPSA) is 25.2 Å². The van der Waals surface area contributed by atoms with Crippen molar-refractivity contribution < 1.29 is 4.79 Å². The molecule has 1 aromatic heterocycles. The molecule has 0 unspecified atom stereocenters. The first-order valence-electron chi connectivity index (χ1n) is 7.09. The van der Waals surface area contributed by atoms with Gasteiger partial charge in [0.1, 0.15) is 4.32 Å². The molecule has 0 radical (unpaired) electrons. The van der Waals surface area contributed by atoms with Gasteiger partial charge in [0, 0.05) is 35.8 Å². The Bertz CT molecular complexity index is 804. The summed E-state index contributed by atoms with van der Waals surface area (Å²) in [6.07, 6.45) is 5.87. The van der Waals surface area contributed by atoms with Crippen LogP contribution in [0.15, 0.2) is 48.0 Å². The Labute approximate surface area is 139 Å². The molecule has 1 aliphatic rings. The number of rotatable bonds is 4. The Balaban J connectivity index is 2.08. The Morgan fingerprint density at radius 3 is 2.82 bits per heavy atom. The van der Waals surface area contributed by atoms with Gasteiger partial charge in [-0.25, -0.2) is 0 Å². The molecule has 5 heteroatoms. The van der Waals surface area contributed by atoms with E-state index in [4.69, 9.17) is 12.2 Å². The number of likely N-dealkylation sites (N-methyl/N-ethyl adjacent to an activating group) is 1.